The van der Waals surface area contributed by atoms with Crippen LogP contribution in [0, 0.1) is 5.82 Å². The molecule has 0 aliphatic carbocycles. The van der Waals surface area contributed by atoms with Crippen LogP contribution < -0.4 is 10.6 Å². The summed E-state index contributed by atoms with van der Waals surface area (Å²) in [7, 11) is 0. The van der Waals surface area contributed by atoms with Crippen LogP contribution in [0.1, 0.15) is 24.3 Å². The maximum absolute atomic E-state index is 13.8. The van der Waals surface area contributed by atoms with Crippen molar-refractivity contribution in [3.05, 3.63) is 60.2 Å². The summed E-state index contributed by atoms with van der Waals surface area (Å²) in [5.41, 5.74) is 1.85. The first-order valence-electron chi connectivity index (χ1n) is 8.85. The van der Waals surface area contributed by atoms with Gasteiger partial charge in [0.2, 0.25) is 0 Å². The van der Waals surface area contributed by atoms with Gasteiger partial charge in [-0.2, -0.15) is 0 Å². The first-order valence-corrected chi connectivity index (χ1v) is 8.85. The molecule has 0 unspecified atom stereocenters. The Kier molecular flexibility index (Phi) is 4.93. The van der Waals surface area contributed by atoms with Gasteiger partial charge in [-0.15, -0.1) is 0 Å². The number of hydrogen-bond acceptors (Lipinski definition) is 4. The van der Waals surface area contributed by atoms with Crippen LogP contribution in [0.25, 0.3) is 10.9 Å². The first kappa shape index (κ1) is 17.4. The largest absolute Gasteiger partial charge is 0.381 e. The number of carbonyl (C=O) groups is 1. The molecule has 2 amide bonds. The maximum Gasteiger partial charge on any atom is 0.324 e. The van der Waals surface area contributed by atoms with Crippen LogP contribution in [0.15, 0.2) is 48.8 Å². The number of fused-ring (bicyclic) bond motifs is 1. The SMILES string of the molecule is O=C(Nc1ccc(C2CCOCC2)cn1)Nc1ccnc2c(F)cccc12. The first-order chi connectivity index (χ1) is 13.2. The summed E-state index contributed by atoms with van der Waals surface area (Å²) in [5, 5.41) is 5.96. The van der Waals surface area contributed by atoms with Crippen molar-refractivity contribution in [3.8, 4) is 0 Å². The van der Waals surface area contributed by atoms with Crippen molar-refractivity contribution in [1.29, 1.82) is 0 Å². The quantitative estimate of drug-likeness (QED) is 0.724. The summed E-state index contributed by atoms with van der Waals surface area (Å²) in [6.45, 7) is 1.54. The van der Waals surface area contributed by atoms with E-state index in [-0.39, 0.29) is 5.52 Å². The molecule has 3 heterocycles. The summed E-state index contributed by atoms with van der Waals surface area (Å²) in [4.78, 5) is 20.6. The molecule has 1 fully saturated rings. The van der Waals surface area contributed by atoms with Gasteiger partial charge in [-0.05, 0) is 42.5 Å². The lowest BCUT2D eigenvalue weighted by atomic mass is 9.93. The van der Waals surface area contributed by atoms with Crippen LogP contribution in [-0.4, -0.2) is 29.2 Å². The highest BCUT2D eigenvalue weighted by Crippen LogP contribution is 2.27. The molecular formula is C20H19FN4O2. The Hall–Kier alpha value is -3.06. The van der Waals surface area contributed by atoms with Gasteiger partial charge in [0, 0.05) is 31.0 Å². The number of hydrogen-bond donors (Lipinski definition) is 2. The average molecular weight is 366 g/mol. The van der Waals surface area contributed by atoms with Crippen LogP contribution in [0.5, 0.6) is 0 Å². The number of pyridine rings is 2. The number of amides is 2. The van der Waals surface area contributed by atoms with Crippen LogP contribution in [-0.2, 0) is 4.74 Å². The van der Waals surface area contributed by atoms with Gasteiger partial charge in [-0.1, -0.05) is 18.2 Å². The number of halogens is 1. The molecule has 7 heteroatoms. The van der Waals surface area contributed by atoms with E-state index in [1.807, 2.05) is 6.07 Å². The third-order valence-corrected chi connectivity index (χ3v) is 4.69. The number of nitrogens with zero attached hydrogens (tertiary/aromatic N) is 2. The van der Waals surface area contributed by atoms with E-state index in [2.05, 4.69) is 20.6 Å². The number of benzene rings is 1. The van der Waals surface area contributed by atoms with Crippen molar-refractivity contribution >= 4 is 28.4 Å². The van der Waals surface area contributed by atoms with E-state index in [0.29, 0.717) is 22.8 Å². The number of carbonyl (C=O) groups excluding carboxylic acids is 1. The average Bonchev–Trinajstić information content (AvgIpc) is 2.70. The molecule has 0 radical (unpaired) electrons. The molecule has 0 atom stereocenters. The van der Waals surface area contributed by atoms with Crippen molar-refractivity contribution in [2.75, 3.05) is 23.8 Å². The van der Waals surface area contributed by atoms with E-state index < -0.39 is 11.8 Å². The molecule has 138 valence electrons. The fourth-order valence-corrected chi connectivity index (χ4v) is 3.27. The van der Waals surface area contributed by atoms with Crippen LogP contribution in [0.4, 0.5) is 20.7 Å². The van der Waals surface area contributed by atoms with Gasteiger partial charge in [0.15, 0.2) is 0 Å². The topological polar surface area (TPSA) is 76.1 Å². The van der Waals surface area contributed by atoms with E-state index in [4.69, 9.17) is 4.74 Å². The second-order valence-corrected chi connectivity index (χ2v) is 6.44. The normalized spacial score (nSPS) is 14.9. The van der Waals surface area contributed by atoms with Crippen LogP contribution in [0.3, 0.4) is 0 Å². The van der Waals surface area contributed by atoms with Gasteiger partial charge in [0.25, 0.3) is 0 Å². The number of rotatable bonds is 3. The monoisotopic (exact) mass is 366 g/mol. The zero-order valence-corrected chi connectivity index (χ0v) is 14.6. The predicted molar refractivity (Wildman–Crippen MR) is 101 cm³/mol. The minimum atomic E-state index is -0.446. The molecule has 3 aromatic rings. The molecular weight excluding hydrogens is 347 g/mol. The third kappa shape index (κ3) is 3.88. The zero-order chi connectivity index (χ0) is 18.6. The van der Waals surface area contributed by atoms with Gasteiger partial charge in [-0.25, -0.2) is 14.2 Å². The number of ether oxygens (including phenoxy) is 1. The Labute approximate surface area is 155 Å². The van der Waals surface area contributed by atoms with Gasteiger partial charge >= 0.3 is 6.03 Å². The summed E-state index contributed by atoms with van der Waals surface area (Å²) in [6, 6.07) is 9.58. The third-order valence-electron chi connectivity index (χ3n) is 4.69. The van der Waals surface area contributed by atoms with Crippen molar-refractivity contribution in [2.45, 2.75) is 18.8 Å². The molecule has 1 aliphatic rings. The van der Waals surface area contributed by atoms with Crippen molar-refractivity contribution in [3.63, 3.8) is 0 Å². The fourth-order valence-electron chi connectivity index (χ4n) is 3.27. The number of urea groups is 1. The molecule has 0 saturated carbocycles. The highest BCUT2D eigenvalue weighted by molar-refractivity contribution is 6.05. The maximum atomic E-state index is 13.8. The van der Waals surface area contributed by atoms with E-state index in [1.165, 1.54) is 12.3 Å². The Balaban J connectivity index is 1.44. The summed E-state index contributed by atoms with van der Waals surface area (Å²) < 4.78 is 19.2. The molecule has 0 spiro atoms. The van der Waals surface area contributed by atoms with Crippen molar-refractivity contribution in [1.82, 2.24) is 9.97 Å². The lowest BCUT2D eigenvalue weighted by Gasteiger charge is -2.22. The van der Waals surface area contributed by atoms with Crippen molar-refractivity contribution < 1.29 is 13.9 Å². The fraction of sp³-hybridized carbons (Fsp3) is 0.250. The smallest absolute Gasteiger partial charge is 0.324 e. The molecule has 1 aliphatic heterocycles. The number of para-hydroxylation sites is 1. The molecule has 4 rings (SSSR count). The Morgan fingerprint density at radius 3 is 2.70 bits per heavy atom. The Morgan fingerprint density at radius 2 is 1.93 bits per heavy atom. The minimum Gasteiger partial charge on any atom is -0.381 e. The van der Waals surface area contributed by atoms with Gasteiger partial charge in [-0.3, -0.25) is 10.3 Å². The minimum absolute atomic E-state index is 0.217. The van der Waals surface area contributed by atoms with Gasteiger partial charge in [0.1, 0.15) is 17.2 Å². The summed E-state index contributed by atoms with van der Waals surface area (Å²) >= 11 is 0. The molecule has 2 N–H and O–H groups in total. The van der Waals surface area contributed by atoms with Crippen molar-refractivity contribution in [2.24, 2.45) is 0 Å². The Bertz CT molecular complexity index is 956. The van der Waals surface area contributed by atoms with E-state index in [0.717, 1.165) is 31.6 Å². The van der Waals surface area contributed by atoms with Gasteiger partial charge in [0.05, 0.1) is 5.69 Å². The molecule has 2 aromatic heterocycles. The molecule has 1 saturated heterocycles. The zero-order valence-electron chi connectivity index (χ0n) is 14.6. The highest BCUT2D eigenvalue weighted by Gasteiger charge is 2.16. The lowest BCUT2D eigenvalue weighted by Crippen LogP contribution is -2.20. The summed E-state index contributed by atoms with van der Waals surface area (Å²) in [5.74, 6) is 0.474. The van der Waals surface area contributed by atoms with Gasteiger partial charge < -0.3 is 10.1 Å². The summed E-state index contributed by atoms with van der Waals surface area (Å²) in [6.07, 6.45) is 5.23. The number of aromatic nitrogens is 2. The van der Waals surface area contributed by atoms with Crippen LogP contribution in [0.2, 0.25) is 0 Å². The second-order valence-electron chi connectivity index (χ2n) is 6.44. The predicted octanol–water partition coefficient (Wildman–Crippen LogP) is 4.31. The molecule has 1 aromatic carbocycles. The van der Waals surface area contributed by atoms with E-state index >= 15 is 0 Å². The number of anilines is 2. The van der Waals surface area contributed by atoms with E-state index in [1.54, 1.807) is 30.5 Å². The second kappa shape index (κ2) is 7.67. The van der Waals surface area contributed by atoms with Crippen LogP contribution >= 0.6 is 0 Å². The van der Waals surface area contributed by atoms with E-state index in [9.17, 15) is 9.18 Å². The molecule has 27 heavy (non-hydrogen) atoms. The molecule has 6 nitrogen and oxygen atoms in total. The molecule has 0 bridgehead atoms. The lowest BCUT2D eigenvalue weighted by molar-refractivity contribution is 0.0853. The standard InChI is InChI=1S/C20H19FN4O2/c21-16-3-1-2-15-17(6-9-22-19(15)16)24-20(26)25-18-5-4-14(12-23-18)13-7-10-27-11-8-13/h1-6,9,12-13H,7-8,10-11H2,(H2,22,23,24,25,26). The Morgan fingerprint density at radius 1 is 1.07 bits per heavy atom. The highest BCUT2D eigenvalue weighted by atomic mass is 19.1. The number of nitrogens with one attached hydrogen (secondary N) is 2.